The van der Waals surface area contributed by atoms with Crippen LogP contribution in [0.5, 0.6) is 5.75 Å². The summed E-state index contributed by atoms with van der Waals surface area (Å²) in [6.45, 7) is 5.30. The number of guanidine groups is 1. The van der Waals surface area contributed by atoms with E-state index in [1.165, 1.54) is 5.56 Å². The van der Waals surface area contributed by atoms with Crippen molar-refractivity contribution in [3.63, 3.8) is 0 Å². The van der Waals surface area contributed by atoms with Gasteiger partial charge in [0.05, 0.1) is 7.11 Å². The molecule has 1 atom stereocenters. The highest BCUT2D eigenvalue weighted by Gasteiger charge is 2.26. The predicted octanol–water partition coefficient (Wildman–Crippen LogP) is 2.59. The van der Waals surface area contributed by atoms with Gasteiger partial charge in [-0.15, -0.1) is 24.0 Å². The minimum Gasteiger partial charge on any atom is -0.497 e. The van der Waals surface area contributed by atoms with Crippen molar-refractivity contribution in [2.75, 3.05) is 40.3 Å². The van der Waals surface area contributed by atoms with Gasteiger partial charge in [0.1, 0.15) is 5.75 Å². The average molecular weight is 474 g/mol. The first-order chi connectivity index (χ1) is 12.2. The molecule has 2 N–H and O–H groups in total. The van der Waals surface area contributed by atoms with E-state index in [9.17, 15) is 4.79 Å². The van der Waals surface area contributed by atoms with Gasteiger partial charge in [0.2, 0.25) is 5.91 Å². The summed E-state index contributed by atoms with van der Waals surface area (Å²) in [7, 11) is 3.48. The summed E-state index contributed by atoms with van der Waals surface area (Å²) in [5.41, 5.74) is 1.33. The lowest BCUT2D eigenvalue weighted by Crippen LogP contribution is -2.41. The molecule has 1 aromatic carbocycles. The number of halogens is 1. The lowest BCUT2D eigenvalue weighted by Gasteiger charge is -2.21. The van der Waals surface area contributed by atoms with Crippen molar-refractivity contribution >= 4 is 35.8 Å². The molecule has 1 unspecified atom stereocenters. The molecule has 0 bridgehead atoms. The molecule has 0 saturated carbocycles. The van der Waals surface area contributed by atoms with Crippen molar-refractivity contribution in [2.24, 2.45) is 4.99 Å². The number of aliphatic imine (C=N–C) groups is 1. The van der Waals surface area contributed by atoms with Crippen molar-refractivity contribution < 1.29 is 9.53 Å². The first-order valence-electron chi connectivity index (χ1n) is 9.04. The van der Waals surface area contributed by atoms with Gasteiger partial charge in [0.25, 0.3) is 0 Å². The van der Waals surface area contributed by atoms with Gasteiger partial charge in [0, 0.05) is 45.6 Å². The van der Waals surface area contributed by atoms with Crippen molar-refractivity contribution in [1.29, 1.82) is 0 Å². The number of rotatable bonds is 7. The van der Waals surface area contributed by atoms with E-state index in [1.54, 1.807) is 14.2 Å². The molecule has 7 heteroatoms. The number of carbonyl (C=O) groups is 1. The van der Waals surface area contributed by atoms with E-state index in [0.717, 1.165) is 44.2 Å². The maximum atomic E-state index is 11.7. The molecule has 0 aromatic heterocycles. The highest BCUT2D eigenvalue weighted by molar-refractivity contribution is 14.0. The van der Waals surface area contributed by atoms with E-state index in [-0.39, 0.29) is 29.9 Å². The Labute approximate surface area is 173 Å². The van der Waals surface area contributed by atoms with E-state index in [0.29, 0.717) is 18.9 Å². The smallest absolute Gasteiger partial charge is 0.221 e. The molecule has 1 heterocycles. The molecular formula is C19H31IN4O2. The molecule has 1 aliphatic rings. The topological polar surface area (TPSA) is 66.0 Å². The average Bonchev–Trinajstić information content (AvgIpc) is 3.13. The van der Waals surface area contributed by atoms with E-state index in [2.05, 4.69) is 32.7 Å². The number of nitrogens with zero attached hydrogens (tertiary/aromatic N) is 2. The Morgan fingerprint density at radius 3 is 2.62 bits per heavy atom. The van der Waals surface area contributed by atoms with Crippen molar-refractivity contribution in [3.05, 3.63) is 29.8 Å². The molecule has 1 aliphatic heterocycles. The van der Waals surface area contributed by atoms with E-state index in [1.807, 2.05) is 19.1 Å². The molecule has 146 valence electrons. The van der Waals surface area contributed by atoms with Crippen LogP contribution in [0.25, 0.3) is 0 Å². The zero-order valence-corrected chi connectivity index (χ0v) is 18.3. The molecule has 1 aromatic rings. The van der Waals surface area contributed by atoms with Gasteiger partial charge < -0.3 is 20.3 Å². The Morgan fingerprint density at radius 2 is 2.00 bits per heavy atom. The van der Waals surface area contributed by atoms with Gasteiger partial charge in [-0.05, 0) is 30.5 Å². The quantitative estimate of drug-likeness (QED) is 0.362. The number of amides is 1. The van der Waals surface area contributed by atoms with Gasteiger partial charge >= 0.3 is 0 Å². The van der Waals surface area contributed by atoms with Crippen LogP contribution in [0.2, 0.25) is 0 Å². The fourth-order valence-corrected chi connectivity index (χ4v) is 3.07. The number of likely N-dealkylation sites (tertiary alicyclic amines) is 1. The van der Waals surface area contributed by atoms with Gasteiger partial charge in [-0.1, -0.05) is 19.1 Å². The monoisotopic (exact) mass is 474 g/mol. The fraction of sp³-hybridized carbons (Fsp3) is 0.579. The van der Waals surface area contributed by atoms with Crippen LogP contribution in [0, 0.1) is 0 Å². The summed E-state index contributed by atoms with van der Waals surface area (Å²) in [6, 6.07) is 8.31. The summed E-state index contributed by atoms with van der Waals surface area (Å²) in [5, 5.41) is 6.19. The third-order valence-corrected chi connectivity index (χ3v) is 4.49. The third kappa shape index (κ3) is 6.66. The molecule has 1 saturated heterocycles. The summed E-state index contributed by atoms with van der Waals surface area (Å²) in [6.07, 6.45) is 2.53. The summed E-state index contributed by atoms with van der Waals surface area (Å²) < 4.78 is 5.22. The SMILES string of the molecule is CCCNC(=O)CCNC(=NC)N1CCC(c2ccc(OC)cc2)C1.I. The molecule has 0 radical (unpaired) electrons. The molecule has 26 heavy (non-hydrogen) atoms. The second-order valence-electron chi connectivity index (χ2n) is 6.28. The number of benzene rings is 1. The normalized spacial score (nSPS) is 16.8. The molecule has 2 rings (SSSR count). The van der Waals surface area contributed by atoms with E-state index >= 15 is 0 Å². The molecule has 6 nitrogen and oxygen atoms in total. The van der Waals surface area contributed by atoms with Gasteiger partial charge in [-0.3, -0.25) is 9.79 Å². The number of hydrogen-bond donors (Lipinski definition) is 2. The van der Waals surface area contributed by atoms with E-state index in [4.69, 9.17) is 4.74 Å². The van der Waals surface area contributed by atoms with Crippen molar-refractivity contribution in [3.8, 4) is 5.75 Å². The second kappa shape index (κ2) is 12.0. The van der Waals surface area contributed by atoms with Gasteiger partial charge in [-0.25, -0.2) is 0 Å². The van der Waals surface area contributed by atoms with Crippen LogP contribution >= 0.6 is 24.0 Å². The van der Waals surface area contributed by atoms with Gasteiger partial charge in [-0.2, -0.15) is 0 Å². The Kier molecular flexibility index (Phi) is 10.4. The minimum atomic E-state index is 0. The fourth-order valence-electron chi connectivity index (χ4n) is 3.07. The van der Waals surface area contributed by atoms with Gasteiger partial charge in [0.15, 0.2) is 5.96 Å². The molecule has 1 fully saturated rings. The first-order valence-corrected chi connectivity index (χ1v) is 9.04. The Hall–Kier alpha value is -1.51. The lowest BCUT2D eigenvalue weighted by molar-refractivity contribution is -0.120. The summed E-state index contributed by atoms with van der Waals surface area (Å²) >= 11 is 0. The van der Waals surface area contributed by atoms with Crippen LogP contribution < -0.4 is 15.4 Å². The first kappa shape index (κ1) is 22.5. The lowest BCUT2D eigenvalue weighted by atomic mass is 9.98. The van der Waals surface area contributed by atoms with Crippen LogP contribution in [0.15, 0.2) is 29.3 Å². The number of nitrogens with one attached hydrogen (secondary N) is 2. The van der Waals surface area contributed by atoms with Crippen LogP contribution in [0.1, 0.15) is 37.7 Å². The molecular weight excluding hydrogens is 443 g/mol. The number of methoxy groups -OCH3 is 1. The number of ether oxygens (including phenoxy) is 1. The predicted molar refractivity (Wildman–Crippen MR) is 117 cm³/mol. The zero-order chi connectivity index (χ0) is 18.1. The largest absolute Gasteiger partial charge is 0.497 e. The standard InChI is InChI=1S/C19H30N4O2.HI/c1-4-11-21-18(24)9-12-22-19(20-2)23-13-10-16(14-23)15-5-7-17(25-3)8-6-15;/h5-8,16H,4,9-14H2,1-3H3,(H,20,22)(H,21,24);1H. The summed E-state index contributed by atoms with van der Waals surface area (Å²) in [5.74, 6) is 2.34. The molecule has 0 spiro atoms. The number of carbonyl (C=O) groups excluding carboxylic acids is 1. The minimum absolute atomic E-state index is 0. The zero-order valence-electron chi connectivity index (χ0n) is 16.0. The Morgan fingerprint density at radius 1 is 1.27 bits per heavy atom. The Bertz CT molecular complexity index is 577. The molecule has 0 aliphatic carbocycles. The Balaban J connectivity index is 0.00000338. The van der Waals surface area contributed by atoms with Crippen LogP contribution in [-0.4, -0.2) is 57.1 Å². The second-order valence-corrected chi connectivity index (χ2v) is 6.28. The van der Waals surface area contributed by atoms with Crippen LogP contribution in [-0.2, 0) is 4.79 Å². The van der Waals surface area contributed by atoms with Crippen molar-refractivity contribution in [1.82, 2.24) is 15.5 Å². The highest BCUT2D eigenvalue weighted by Crippen LogP contribution is 2.28. The maximum Gasteiger partial charge on any atom is 0.221 e. The highest BCUT2D eigenvalue weighted by atomic mass is 127. The maximum absolute atomic E-state index is 11.7. The molecule has 1 amide bonds. The van der Waals surface area contributed by atoms with Crippen LogP contribution in [0.4, 0.5) is 0 Å². The number of hydrogen-bond acceptors (Lipinski definition) is 3. The third-order valence-electron chi connectivity index (χ3n) is 4.49. The van der Waals surface area contributed by atoms with Crippen LogP contribution in [0.3, 0.4) is 0 Å². The van der Waals surface area contributed by atoms with Crippen molar-refractivity contribution in [2.45, 2.75) is 32.1 Å². The van der Waals surface area contributed by atoms with E-state index < -0.39 is 0 Å². The summed E-state index contributed by atoms with van der Waals surface area (Å²) in [4.78, 5) is 18.3.